The van der Waals surface area contributed by atoms with Gasteiger partial charge in [-0.1, -0.05) is 25.1 Å². The molecular formula is C23H19FN6O. The molecule has 2 aromatic heterocycles. The molecule has 0 amide bonds. The standard InChI is InChI=1S/C23H19FN6O/c1-2-7-29-15-26-23(28-29)18-5-3-4-16(9-18)12-21-22(31)6-8-30(27-21)20-11-17(14-25)10-19(24)13-20/h3-6,8-11,13,15H,2,7,12H2,1H3. The molecule has 2 aromatic carbocycles. The third kappa shape index (κ3) is 4.56. The number of benzene rings is 2. The van der Waals surface area contributed by atoms with E-state index in [1.54, 1.807) is 11.0 Å². The van der Waals surface area contributed by atoms with Gasteiger partial charge < -0.3 is 0 Å². The number of aryl methyl sites for hydroxylation is 1. The van der Waals surface area contributed by atoms with Gasteiger partial charge in [0.1, 0.15) is 17.8 Å². The van der Waals surface area contributed by atoms with Crippen LogP contribution in [0.2, 0.25) is 0 Å². The first kappa shape index (κ1) is 20.2. The van der Waals surface area contributed by atoms with Crippen molar-refractivity contribution in [3.63, 3.8) is 0 Å². The third-order valence-corrected chi connectivity index (χ3v) is 4.70. The molecule has 0 radical (unpaired) electrons. The second-order valence-electron chi connectivity index (χ2n) is 7.09. The summed E-state index contributed by atoms with van der Waals surface area (Å²) in [5.41, 5.74) is 2.38. The zero-order valence-corrected chi connectivity index (χ0v) is 16.9. The van der Waals surface area contributed by atoms with Crippen LogP contribution in [-0.4, -0.2) is 24.5 Å². The van der Waals surface area contributed by atoms with Crippen molar-refractivity contribution >= 4 is 0 Å². The molecule has 0 fully saturated rings. The summed E-state index contributed by atoms with van der Waals surface area (Å²) in [5.74, 6) is 0.0799. The van der Waals surface area contributed by atoms with Crippen LogP contribution in [0.4, 0.5) is 4.39 Å². The fraction of sp³-hybridized carbons (Fsp3) is 0.174. The number of nitrogens with zero attached hydrogens (tertiary/aromatic N) is 6. The van der Waals surface area contributed by atoms with Crippen LogP contribution in [0.25, 0.3) is 17.1 Å². The summed E-state index contributed by atoms with van der Waals surface area (Å²) < 4.78 is 17.0. The first-order chi connectivity index (χ1) is 15.1. The monoisotopic (exact) mass is 414 g/mol. The van der Waals surface area contributed by atoms with E-state index in [1.165, 1.54) is 29.1 Å². The van der Waals surface area contributed by atoms with Crippen molar-refractivity contribution in [3.05, 3.63) is 93.9 Å². The molecule has 0 bridgehead atoms. The van der Waals surface area contributed by atoms with E-state index in [9.17, 15) is 9.18 Å². The molecule has 2 heterocycles. The topological polar surface area (TPSA) is 89.4 Å². The summed E-state index contributed by atoms with van der Waals surface area (Å²) in [6.45, 7) is 2.88. The van der Waals surface area contributed by atoms with Gasteiger partial charge in [-0.25, -0.2) is 14.1 Å². The van der Waals surface area contributed by atoms with Crippen molar-refractivity contribution in [2.45, 2.75) is 26.3 Å². The lowest BCUT2D eigenvalue weighted by molar-refractivity contribution is 0.602. The molecule has 0 spiro atoms. The molecule has 0 unspecified atom stereocenters. The van der Waals surface area contributed by atoms with E-state index in [4.69, 9.17) is 5.26 Å². The average molecular weight is 414 g/mol. The minimum atomic E-state index is -0.543. The maximum atomic E-state index is 13.8. The second kappa shape index (κ2) is 8.71. The van der Waals surface area contributed by atoms with Crippen molar-refractivity contribution in [2.75, 3.05) is 0 Å². The molecule has 8 heteroatoms. The lowest BCUT2D eigenvalue weighted by Gasteiger charge is -2.09. The maximum absolute atomic E-state index is 13.8. The van der Waals surface area contributed by atoms with Crippen molar-refractivity contribution < 1.29 is 4.39 Å². The van der Waals surface area contributed by atoms with Crippen LogP contribution in [0.1, 0.15) is 30.2 Å². The Labute approximate surface area is 178 Å². The zero-order chi connectivity index (χ0) is 21.8. The lowest BCUT2D eigenvalue weighted by Crippen LogP contribution is -2.16. The van der Waals surface area contributed by atoms with Gasteiger partial charge in [0, 0.05) is 30.8 Å². The van der Waals surface area contributed by atoms with Crippen LogP contribution in [0.5, 0.6) is 0 Å². The minimum Gasteiger partial charge on any atom is -0.288 e. The van der Waals surface area contributed by atoms with Gasteiger partial charge in [-0.15, -0.1) is 0 Å². The van der Waals surface area contributed by atoms with Crippen molar-refractivity contribution in [1.82, 2.24) is 24.5 Å². The average Bonchev–Trinajstić information content (AvgIpc) is 3.24. The summed E-state index contributed by atoms with van der Waals surface area (Å²) >= 11 is 0. The highest BCUT2D eigenvalue weighted by atomic mass is 19.1. The predicted octanol–water partition coefficient (Wildman–Crippen LogP) is 3.50. The Balaban J connectivity index is 1.64. The Bertz CT molecular complexity index is 1330. The summed E-state index contributed by atoms with van der Waals surface area (Å²) in [7, 11) is 0. The fourth-order valence-electron chi connectivity index (χ4n) is 3.26. The van der Waals surface area contributed by atoms with E-state index in [1.807, 2.05) is 30.3 Å². The molecule has 4 rings (SSSR count). The van der Waals surface area contributed by atoms with E-state index in [0.717, 1.165) is 30.2 Å². The number of hydrogen-bond donors (Lipinski definition) is 0. The Morgan fingerprint density at radius 3 is 2.81 bits per heavy atom. The Kier molecular flexibility index (Phi) is 5.67. The molecule has 0 atom stereocenters. The van der Waals surface area contributed by atoms with Gasteiger partial charge in [0.05, 0.1) is 17.3 Å². The first-order valence-corrected chi connectivity index (χ1v) is 9.84. The maximum Gasteiger partial charge on any atom is 0.203 e. The lowest BCUT2D eigenvalue weighted by atomic mass is 10.1. The largest absolute Gasteiger partial charge is 0.288 e. The van der Waals surface area contributed by atoms with Crippen molar-refractivity contribution in [1.29, 1.82) is 5.26 Å². The minimum absolute atomic E-state index is 0.180. The molecule has 0 aliphatic carbocycles. The molecule has 0 saturated heterocycles. The Hall–Kier alpha value is -4.12. The molecule has 0 saturated carbocycles. The normalized spacial score (nSPS) is 10.7. The number of nitriles is 1. The van der Waals surface area contributed by atoms with E-state index in [2.05, 4.69) is 22.1 Å². The summed E-state index contributed by atoms with van der Waals surface area (Å²) in [6, 6.07) is 14.9. The summed E-state index contributed by atoms with van der Waals surface area (Å²) in [6.07, 6.45) is 4.43. The quantitative estimate of drug-likeness (QED) is 0.482. The van der Waals surface area contributed by atoms with E-state index in [-0.39, 0.29) is 11.0 Å². The summed E-state index contributed by atoms with van der Waals surface area (Å²) in [4.78, 5) is 16.8. The number of rotatable bonds is 6. The van der Waals surface area contributed by atoms with Gasteiger partial charge in [-0.05, 0) is 36.2 Å². The number of aromatic nitrogens is 5. The highest BCUT2D eigenvalue weighted by Crippen LogP contribution is 2.18. The molecule has 0 aliphatic heterocycles. The highest BCUT2D eigenvalue weighted by Gasteiger charge is 2.10. The van der Waals surface area contributed by atoms with Gasteiger partial charge in [-0.2, -0.15) is 15.5 Å². The van der Waals surface area contributed by atoms with Gasteiger partial charge in [0.2, 0.25) is 5.43 Å². The van der Waals surface area contributed by atoms with Crippen LogP contribution in [0, 0.1) is 17.1 Å². The molecule has 31 heavy (non-hydrogen) atoms. The fourth-order valence-corrected chi connectivity index (χ4v) is 3.26. The molecule has 4 aromatic rings. The van der Waals surface area contributed by atoms with E-state index >= 15 is 0 Å². The predicted molar refractivity (Wildman–Crippen MR) is 113 cm³/mol. The van der Waals surface area contributed by atoms with Gasteiger partial charge in [-0.3, -0.25) is 9.48 Å². The van der Waals surface area contributed by atoms with Crippen LogP contribution < -0.4 is 5.43 Å². The molecular weight excluding hydrogens is 395 g/mol. The van der Waals surface area contributed by atoms with Crippen LogP contribution in [-0.2, 0) is 13.0 Å². The van der Waals surface area contributed by atoms with Crippen molar-refractivity contribution in [2.24, 2.45) is 0 Å². The molecule has 7 nitrogen and oxygen atoms in total. The van der Waals surface area contributed by atoms with E-state index in [0.29, 0.717) is 23.6 Å². The van der Waals surface area contributed by atoms with Crippen LogP contribution >= 0.6 is 0 Å². The Morgan fingerprint density at radius 2 is 2.00 bits per heavy atom. The SMILES string of the molecule is CCCn1cnc(-c2cccc(Cc3nn(-c4cc(F)cc(C#N)c4)ccc3=O)c2)n1. The third-order valence-electron chi connectivity index (χ3n) is 4.70. The number of halogens is 1. The van der Waals surface area contributed by atoms with Gasteiger partial charge in [0.25, 0.3) is 0 Å². The van der Waals surface area contributed by atoms with Gasteiger partial charge in [0.15, 0.2) is 5.82 Å². The highest BCUT2D eigenvalue weighted by molar-refractivity contribution is 5.55. The summed E-state index contributed by atoms with van der Waals surface area (Å²) in [5, 5.41) is 17.9. The molecule has 154 valence electrons. The zero-order valence-electron chi connectivity index (χ0n) is 16.9. The van der Waals surface area contributed by atoms with Crippen LogP contribution in [0.15, 0.2) is 65.8 Å². The van der Waals surface area contributed by atoms with Crippen molar-refractivity contribution in [3.8, 4) is 23.1 Å². The number of hydrogen-bond acceptors (Lipinski definition) is 5. The molecule has 0 N–H and O–H groups in total. The first-order valence-electron chi connectivity index (χ1n) is 9.84. The smallest absolute Gasteiger partial charge is 0.203 e. The van der Waals surface area contributed by atoms with Crippen LogP contribution in [0.3, 0.4) is 0 Å². The van der Waals surface area contributed by atoms with E-state index < -0.39 is 5.82 Å². The Morgan fingerprint density at radius 1 is 1.13 bits per heavy atom. The molecule has 0 aliphatic rings. The van der Waals surface area contributed by atoms with Gasteiger partial charge >= 0.3 is 0 Å². The second-order valence-corrected chi connectivity index (χ2v) is 7.09.